The minimum atomic E-state index is -1.82. The number of hydrogen-bond donors (Lipinski definition) is 3. The molecule has 1 saturated heterocycles. The third-order valence-corrected chi connectivity index (χ3v) is 3.37. The molecule has 0 bridgehead atoms. The number of carbonyl (C=O) groups excluding carboxylic acids is 1. The van der Waals surface area contributed by atoms with Crippen LogP contribution >= 0.6 is 0 Å². The largest absolute Gasteiger partial charge is 0.473 e. The highest BCUT2D eigenvalue weighted by Gasteiger charge is 2.20. The van der Waals surface area contributed by atoms with Gasteiger partial charge in [-0.1, -0.05) is 11.6 Å². The van der Waals surface area contributed by atoms with Gasteiger partial charge < -0.3 is 20.1 Å². The number of hydrogen-bond acceptors (Lipinski definition) is 6. The van der Waals surface area contributed by atoms with E-state index in [1.165, 1.54) is 19.3 Å². The number of rotatable bonds is 3. The normalized spacial score (nSPS) is 17.7. The third kappa shape index (κ3) is 6.92. The van der Waals surface area contributed by atoms with Gasteiger partial charge in [-0.3, -0.25) is 9.69 Å². The third-order valence-electron chi connectivity index (χ3n) is 3.37. The Bertz CT molecular complexity index is 544. The molecule has 0 saturated carbocycles. The van der Waals surface area contributed by atoms with Gasteiger partial charge in [-0.05, 0) is 33.2 Å². The minimum absolute atomic E-state index is 0.0212. The van der Waals surface area contributed by atoms with Crippen LogP contribution in [0.25, 0.3) is 0 Å². The molecule has 0 spiro atoms. The van der Waals surface area contributed by atoms with Crippen LogP contribution in [-0.2, 0) is 14.4 Å². The number of aliphatic carboxylic acids is 2. The van der Waals surface area contributed by atoms with E-state index in [0.29, 0.717) is 24.2 Å². The lowest BCUT2D eigenvalue weighted by Gasteiger charge is -2.32. The van der Waals surface area contributed by atoms with E-state index in [1.54, 1.807) is 13.0 Å². The lowest BCUT2D eigenvalue weighted by atomic mass is 10.0. The molecule has 9 nitrogen and oxygen atoms in total. The molecule has 1 atom stereocenters. The molecular weight excluding hydrogens is 306 g/mol. The molecular formula is C14H21N3O6. The summed E-state index contributed by atoms with van der Waals surface area (Å²) >= 11 is 0. The summed E-state index contributed by atoms with van der Waals surface area (Å²) in [6.07, 6.45) is 3.62. The second-order valence-corrected chi connectivity index (χ2v) is 5.30. The molecule has 3 N–H and O–H groups in total. The van der Waals surface area contributed by atoms with Gasteiger partial charge in [0, 0.05) is 12.1 Å². The van der Waals surface area contributed by atoms with Crippen LogP contribution < -0.4 is 5.32 Å². The van der Waals surface area contributed by atoms with Gasteiger partial charge in [0.25, 0.3) is 0 Å². The monoisotopic (exact) mass is 327 g/mol. The number of carboxylic acids is 2. The number of nitrogens with zero attached hydrogens (tertiary/aromatic N) is 2. The predicted octanol–water partition coefficient (Wildman–Crippen LogP) is 0.952. The van der Waals surface area contributed by atoms with Crippen molar-refractivity contribution in [1.29, 1.82) is 0 Å². The van der Waals surface area contributed by atoms with E-state index in [0.717, 1.165) is 6.54 Å². The molecule has 1 amide bonds. The van der Waals surface area contributed by atoms with Crippen molar-refractivity contribution in [1.82, 2.24) is 10.1 Å². The average molecular weight is 327 g/mol. The van der Waals surface area contributed by atoms with Crippen LogP contribution in [0.2, 0.25) is 0 Å². The second-order valence-electron chi connectivity index (χ2n) is 5.30. The molecule has 1 aromatic heterocycles. The van der Waals surface area contributed by atoms with Crippen LogP contribution in [0.3, 0.4) is 0 Å². The predicted molar refractivity (Wildman–Crippen MR) is 80.0 cm³/mol. The minimum Gasteiger partial charge on any atom is -0.473 e. The van der Waals surface area contributed by atoms with E-state index in [-0.39, 0.29) is 5.91 Å². The maximum atomic E-state index is 11.8. The Morgan fingerprint density at radius 2 is 2.00 bits per heavy atom. The fraction of sp³-hybridized carbons (Fsp3) is 0.571. The van der Waals surface area contributed by atoms with Crippen molar-refractivity contribution >= 4 is 23.7 Å². The van der Waals surface area contributed by atoms with Crippen LogP contribution in [0.4, 0.5) is 5.82 Å². The van der Waals surface area contributed by atoms with Gasteiger partial charge >= 0.3 is 11.9 Å². The maximum absolute atomic E-state index is 11.8. The fourth-order valence-corrected chi connectivity index (χ4v) is 2.18. The van der Waals surface area contributed by atoms with Crippen molar-refractivity contribution in [2.24, 2.45) is 0 Å². The molecule has 23 heavy (non-hydrogen) atoms. The highest BCUT2D eigenvalue weighted by atomic mass is 16.5. The number of anilines is 1. The first kappa shape index (κ1) is 18.6. The van der Waals surface area contributed by atoms with E-state index in [9.17, 15) is 4.79 Å². The van der Waals surface area contributed by atoms with Gasteiger partial charge in [-0.15, -0.1) is 0 Å². The molecule has 9 heteroatoms. The zero-order chi connectivity index (χ0) is 17.4. The zero-order valence-corrected chi connectivity index (χ0v) is 13.1. The van der Waals surface area contributed by atoms with Gasteiger partial charge in [-0.25, -0.2) is 9.59 Å². The number of carboxylic acid groups (broad SMARTS) is 2. The fourth-order valence-electron chi connectivity index (χ4n) is 2.18. The van der Waals surface area contributed by atoms with Crippen molar-refractivity contribution in [3.63, 3.8) is 0 Å². The Morgan fingerprint density at radius 1 is 1.35 bits per heavy atom. The molecule has 0 aromatic carbocycles. The molecule has 1 aromatic rings. The summed E-state index contributed by atoms with van der Waals surface area (Å²) in [5.74, 6) is -2.47. The summed E-state index contributed by atoms with van der Waals surface area (Å²) < 4.78 is 4.90. The van der Waals surface area contributed by atoms with Crippen molar-refractivity contribution in [2.75, 3.05) is 18.4 Å². The van der Waals surface area contributed by atoms with Crippen molar-refractivity contribution in [3.8, 4) is 0 Å². The number of aromatic nitrogens is 1. The molecule has 128 valence electrons. The van der Waals surface area contributed by atoms with E-state index in [2.05, 4.69) is 22.3 Å². The van der Waals surface area contributed by atoms with Gasteiger partial charge in [0.1, 0.15) is 5.76 Å². The Hall–Kier alpha value is -2.42. The molecule has 0 aliphatic carbocycles. The molecule has 1 aliphatic rings. The van der Waals surface area contributed by atoms with E-state index in [1.807, 2.05) is 0 Å². The summed E-state index contributed by atoms with van der Waals surface area (Å²) in [6.45, 7) is 5.42. The smallest absolute Gasteiger partial charge is 0.414 e. The summed E-state index contributed by atoms with van der Waals surface area (Å²) in [7, 11) is 0. The number of piperidine rings is 1. The first-order valence-electron chi connectivity index (χ1n) is 7.23. The van der Waals surface area contributed by atoms with Gasteiger partial charge in [0.2, 0.25) is 5.91 Å². The van der Waals surface area contributed by atoms with Crippen LogP contribution in [0.5, 0.6) is 0 Å². The number of nitrogens with one attached hydrogen (secondary N) is 1. The summed E-state index contributed by atoms with van der Waals surface area (Å²) in [5.41, 5.74) is 0. The van der Waals surface area contributed by atoms with Gasteiger partial charge in [0.15, 0.2) is 5.82 Å². The molecule has 1 unspecified atom stereocenters. The molecule has 0 radical (unpaired) electrons. The Labute approximate surface area is 133 Å². The molecule has 2 rings (SSSR count). The molecule has 1 aliphatic heterocycles. The lowest BCUT2D eigenvalue weighted by Crippen LogP contribution is -2.42. The van der Waals surface area contributed by atoms with Crippen LogP contribution in [0.15, 0.2) is 10.6 Å². The Morgan fingerprint density at radius 3 is 2.48 bits per heavy atom. The summed E-state index contributed by atoms with van der Waals surface area (Å²) in [4.78, 5) is 32.2. The Kier molecular flexibility index (Phi) is 7.20. The van der Waals surface area contributed by atoms with Crippen molar-refractivity contribution < 1.29 is 29.1 Å². The lowest BCUT2D eigenvalue weighted by molar-refractivity contribution is -0.159. The van der Waals surface area contributed by atoms with Gasteiger partial charge in [0.05, 0.1) is 6.54 Å². The SMILES string of the molecule is Cc1cc(NC(=O)CN2CCCCC2C)no1.O=C(O)C(=O)O. The number of carbonyl (C=O) groups is 3. The first-order valence-corrected chi connectivity index (χ1v) is 7.23. The summed E-state index contributed by atoms with van der Waals surface area (Å²) in [5, 5.41) is 21.3. The summed E-state index contributed by atoms with van der Waals surface area (Å²) in [6, 6.07) is 2.21. The maximum Gasteiger partial charge on any atom is 0.414 e. The standard InChI is InChI=1S/C12H19N3O2.C2H2O4/c1-9-5-3-4-6-15(9)8-12(16)13-11-7-10(2)17-14-11;3-1(4)2(5)6/h7,9H,3-6,8H2,1-2H3,(H,13,14,16);(H,3,4)(H,5,6). The quantitative estimate of drug-likeness (QED) is 0.699. The number of aryl methyl sites for hydroxylation is 1. The molecule has 2 heterocycles. The highest BCUT2D eigenvalue weighted by molar-refractivity contribution is 6.27. The topological polar surface area (TPSA) is 133 Å². The van der Waals surface area contributed by atoms with Crippen molar-refractivity contribution in [3.05, 3.63) is 11.8 Å². The van der Waals surface area contributed by atoms with Crippen molar-refractivity contribution in [2.45, 2.75) is 39.2 Å². The van der Waals surface area contributed by atoms with Crippen LogP contribution in [0.1, 0.15) is 31.9 Å². The average Bonchev–Trinajstić information content (AvgIpc) is 2.87. The van der Waals surface area contributed by atoms with Crippen LogP contribution in [-0.4, -0.2) is 57.2 Å². The Balaban J connectivity index is 0.000000379. The first-order chi connectivity index (χ1) is 10.8. The van der Waals surface area contributed by atoms with E-state index < -0.39 is 11.9 Å². The van der Waals surface area contributed by atoms with E-state index >= 15 is 0 Å². The number of likely N-dealkylation sites (tertiary alicyclic amines) is 1. The van der Waals surface area contributed by atoms with Gasteiger partial charge in [-0.2, -0.15) is 0 Å². The van der Waals surface area contributed by atoms with Crippen LogP contribution in [0, 0.1) is 6.92 Å². The molecule has 1 fully saturated rings. The number of amides is 1. The highest BCUT2D eigenvalue weighted by Crippen LogP contribution is 2.16. The zero-order valence-electron chi connectivity index (χ0n) is 13.1. The second kappa shape index (κ2) is 8.89. The van der Waals surface area contributed by atoms with E-state index in [4.69, 9.17) is 24.3 Å².